The van der Waals surface area contributed by atoms with Gasteiger partial charge in [0.25, 0.3) is 11.2 Å². The predicted octanol–water partition coefficient (Wildman–Crippen LogP) is -0.211. The second kappa shape index (κ2) is 6.93. The molecule has 2 aromatic heterocycles. The topological polar surface area (TPSA) is 131 Å². The lowest BCUT2D eigenvalue weighted by molar-refractivity contribution is -0.384. The first kappa shape index (κ1) is 17.9. The summed E-state index contributed by atoms with van der Waals surface area (Å²) in [6, 6.07) is 6.17. The van der Waals surface area contributed by atoms with E-state index in [2.05, 4.69) is 20.2 Å². The highest BCUT2D eigenvalue weighted by Crippen LogP contribution is 2.22. The highest BCUT2D eigenvalue weighted by Gasteiger charge is 2.23. The smallest absolute Gasteiger partial charge is 0.329 e. The number of fused-ring (bicyclic) bond motifs is 1. The molecule has 2 N–H and O–H groups in total. The van der Waals surface area contributed by atoms with Gasteiger partial charge in [0, 0.05) is 45.4 Å². The third-order valence-corrected chi connectivity index (χ3v) is 4.87. The third-order valence-electron chi connectivity index (χ3n) is 4.87. The number of nitrogens with zero attached hydrogens (tertiary/aromatic N) is 5. The van der Waals surface area contributed by atoms with E-state index in [1.807, 2.05) is 0 Å². The number of non-ortho nitro benzene ring substituents is 1. The Labute approximate surface area is 158 Å². The summed E-state index contributed by atoms with van der Waals surface area (Å²) in [7, 11) is 1.56. The van der Waals surface area contributed by atoms with Crippen LogP contribution in [0.4, 0.5) is 11.6 Å². The number of aromatic amines is 1. The Morgan fingerprint density at radius 2 is 1.86 bits per heavy atom. The lowest BCUT2D eigenvalue weighted by atomic mass is 10.2. The van der Waals surface area contributed by atoms with Gasteiger partial charge in [0.2, 0.25) is 5.95 Å². The van der Waals surface area contributed by atoms with E-state index in [-0.39, 0.29) is 5.69 Å². The fourth-order valence-electron chi connectivity index (χ4n) is 3.38. The monoisotopic (exact) mass is 385 g/mol. The van der Waals surface area contributed by atoms with Crippen LogP contribution in [0.3, 0.4) is 0 Å². The number of H-pyrrole nitrogens is 1. The summed E-state index contributed by atoms with van der Waals surface area (Å²) >= 11 is 0. The fraction of sp³-hybridized carbons (Fsp3) is 0.353. The van der Waals surface area contributed by atoms with E-state index in [0.29, 0.717) is 23.7 Å². The number of nitrogens with one attached hydrogen (secondary N) is 2. The van der Waals surface area contributed by atoms with Crippen LogP contribution in [-0.2, 0) is 13.6 Å². The maximum absolute atomic E-state index is 12.6. The van der Waals surface area contributed by atoms with E-state index in [9.17, 15) is 19.7 Å². The molecule has 28 heavy (non-hydrogen) atoms. The van der Waals surface area contributed by atoms with Gasteiger partial charge in [-0.3, -0.25) is 29.0 Å². The molecule has 3 heterocycles. The fourth-order valence-corrected chi connectivity index (χ4v) is 3.38. The van der Waals surface area contributed by atoms with Crippen LogP contribution in [-0.4, -0.2) is 50.2 Å². The van der Waals surface area contributed by atoms with Crippen molar-refractivity contribution in [1.29, 1.82) is 0 Å². The van der Waals surface area contributed by atoms with Crippen molar-refractivity contribution in [3.05, 3.63) is 60.8 Å². The van der Waals surface area contributed by atoms with Gasteiger partial charge < -0.3 is 10.2 Å². The average Bonchev–Trinajstić information content (AvgIpc) is 3.07. The van der Waals surface area contributed by atoms with Gasteiger partial charge in [0.1, 0.15) is 0 Å². The van der Waals surface area contributed by atoms with E-state index in [1.165, 1.54) is 16.7 Å². The quantitative estimate of drug-likeness (QED) is 0.469. The maximum atomic E-state index is 12.6. The van der Waals surface area contributed by atoms with Crippen LogP contribution in [0.25, 0.3) is 11.2 Å². The van der Waals surface area contributed by atoms with E-state index >= 15 is 0 Å². The minimum absolute atomic E-state index is 0.00168. The van der Waals surface area contributed by atoms with E-state index in [1.54, 1.807) is 23.7 Å². The Morgan fingerprint density at radius 1 is 1.18 bits per heavy atom. The highest BCUT2D eigenvalue weighted by molar-refractivity contribution is 5.74. The first-order valence-electron chi connectivity index (χ1n) is 8.84. The lowest BCUT2D eigenvalue weighted by Gasteiger charge is -2.28. The van der Waals surface area contributed by atoms with Crippen LogP contribution < -0.4 is 21.5 Å². The van der Waals surface area contributed by atoms with Gasteiger partial charge in [0.05, 0.1) is 11.5 Å². The molecule has 11 nitrogen and oxygen atoms in total. The Bertz CT molecular complexity index is 1150. The van der Waals surface area contributed by atoms with Gasteiger partial charge >= 0.3 is 5.69 Å². The molecule has 0 saturated carbocycles. The standard InChI is InChI=1S/C17H19N7O4/c1-21-14-13(15(25)20-17(21)26)23(16(19-14)22-8-6-18-7-9-22)10-11-2-4-12(5-3-11)24(27)28/h2-5,18H,6-10H2,1H3,(H,20,25,26). The number of hydrogen-bond donors (Lipinski definition) is 2. The summed E-state index contributed by atoms with van der Waals surface area (Å²) < 4.78 is 3.08. The second-order valence-corrected chi connectivity index (χ2v) is 6.65. The molecule has 1 aliphatic heterocycles. The third kappa shape index (κ3) is 3.05. The summed E-state index contributed by atoms with van der Waals surface area (Å²) in [5.74, 6) is 0.599. The van der Waals surface area contributed by atoms with Crippen molar-refractivity contribution in [2.24, 2.45) is 7.05 Å². The SMILES string of the molecule is Cn1c(=O)[nH]c(=O)c2c1nc(N1CCNCC1)n2Cc1ccc([N+](=O)[O-])cc1. The molecule has 3 aromatic rings. The number of anilines is 1. The maximum Gasteiger partial charge on any atom is 0.329 e. The minimum Gasteiger partial charge on any atom is -0.340 e. The predicted molar refractivity (Wildman–Crippen MR) is 103 cm³/mol. The number of imidazole rings is 1. The minimum atomic E-state index is -0.524. The number of nitro groups is 1. The van der Waals surface area contributed by atoms with Gasteiger partial charge in [-0.15, -0.1) is 0 Å². The van der Waals surface area contributed by atoms with E-state index in [0.717, 1.165) is 31.7 Å². The van der Waals surface area contributed by atoms with Crippen molar-refractivity contribution in [3.63, 3.8) is 0 Å². The highest BCUT2D eigenvalue weighted by atomic mass is 16.6. The van der Waals surface area contributed by atoms with Crippen LogP contribution in [0.2, 0.25) is 0 Å². The van der Waals surface area contributed by atoms with Crippen LogP contribution >= 0.6 is 0 Å². The van der Waals surface area contributed by atoms with Crippen molar-refractivity contribution in [2.75, 3.05) is 31.1 Å². The van der Waals surface area contributed by atoms with E-state index in [4.69, 9.17) is 0 Å². The van der Waals surface area contributed by atoms with Crippen LogP contribution in [0.5, 0.6) is 0 Å². The van der Waals surface area contributed by atoms with E-state index < -0.39 is 16.2 Å². The van der Waals surface area contributed by atoms with Crippen molar-refractivity contribution in [3.8, 4) is 0 Å². The molecule has 0 radical (unpaired) electrons. The van der Waals surface area contributed by atoms with Gasteiger partial charge in [0.15, 0.2) is 11.2 Å². The zero-order valence-electron chi connectivity index (χ0n) is 15.2. The summed E-state index contributed by atoms with van der Waals surface area (Å²) in [6.45, 7) is 3.31. The van der Waals surface area contributed by atoms with Gasteiger partial charge in [-0.2, -0.15) is 4.98 Å². The number of benzene rings is 1. The van der Waals surface area contributed by atoms with Crippen LogP contribution in [0.15, 0.2) is 33.9 Å². The molecule has 0 amide bonds. The molecule has 0 unspecified atom stereocenters. The number of piperazine rings is 1. The van der Waals surface area contributed by atoms with Crippen molar-refractivity contribution >= 4 is 22.8 Å². The summed E-state index contributed by atoms with van der Waals surface area (Å²) in [5.41, 5.74) is 0.368. The number of aryl methyl sites for hydroxylation is 1. The first-order valence-corrected chi connectivity index (χ1v) is 8.84. The van der Waals surface area contributed by atoms with Gasteiger partial charge in [-0.1, -0.05) is 12.1 Å². The molecular formula is C17H19N7O4. The normalized spacial score (nSPS) is 14.5. The summed E-state index contributed by atoms with van der Waals surface area (Å²) in [4.78, 5) is 43.9. The number of aromatic nitrogens is 4. The second-order valence-electron chi connectivity index (χ2n) is 6.65. The zero-order chi connectivity index (χ0) is 19.8. The van der Waals surface area contributed by atoms with Crippen molar-refractivity contribution in [1.82, 2.24) is 24.4 Å². The Hall–Kier alpha value is -3.47. The number of rotatable bonds is 4. The van der Waals surface area contributed by atoms with Crippen LogP contribution in [0.1, 0.15) is 5.56 Å². The zero-order valence-corrected chi connectivity index (χ0v) is 15.2. The number of hydrogen-bond acceptors (Lipinski definition) is 7. The molecule has 0 spiro atoms. The molecule has 0 bridgehead atoms. The molecule has 1 saturated heterocycles. The van der Waals surface area contributed by atoms with Gasteiger partial charge in [-0.25, -0.2) is 4.79 Å². The molecule has 1 aliphatic rings. The average molecular weight is 385 g/mol. The molecule has 0 atom stereocenters. The first-order chi connectivity index (χ1) is 13.5. The summed E-state index contributed by atoms with van der Waals surface area (Å²) in [6.07, 6.45) is 0. The molecule has 11 heteroatoms. The van der Waals surface area contributed by atoms with Crippen LogP contribution in [0, 0.1) is 10.1 Å². The Balaban J connectivity index is 1.86. The molecule has 1 aromatic carbocycles. The molecule has 4 rings (SSSR count). The number of nitro benzene ring substituents is 1. The lowest BCUT2D eigenvalue weighted by Crippen LogP contribution is -2.44. The van der Waals surface area contributed by atoms with Crippen molar-refractivity contribution in [2.45, 2.75) is 6.54 Å². The summed E-state index contributed by atoms with van der Waals surface area (Å²) in [5, 5.41) is 14.1. The Morgan fingerprint density at radius 3 is 2.50 bits per heavy atom. The molecule has 0 aliphatic carbocycles. The van der Waals surface area contributed by atoms with Crippen molar-refractivity contribution < 1.29 is 4.92 Å². The molecule has 1 fully saturated rings. The molecule has 146 valence electrons. The molecular weight excluding hydrogens is 366 g/mol. The largest absolute Gasteiger partial charge is 0.340 e. The Kier molecular flexibility index (Phi) is 4.43. The van der Waals surface area contributed by atoms with Gasteiger partial charge in [-0.05, 0) is 5.56 Å².